The zero-order valence-corrected chi connectivity index (χ0v) is 19.0. The van der Waals surface area contributed by atoms with Crippen molar-refractivity contribution in [3.8, 4) is 0 Å². The van der Waals surface area contributed by atoms with Gasteiger partial charge in [-0.1, -0.05) is 29.3 Å². The van der Waals surface area contributed by atoms with E-state index in [0.29, 0.717) is 23.1 Å². The first-order chi connectivity index (χ1) is 14.4. The van der Waals surface area contributed by atoms with Crippen LogP contribution in [0.5, 0.6) is 0 Å². The predicted octanol–water partition coefficient (Wildman–Crippen LogP) is 4.74. The van der Waals surface area contributed by atoms with E-state index in [1.54, 1.807) is 41.9 Å². The predicted molar refractivity (Wildman–Crippen MR) is 124 cm³/mol. The van der Waals surface area contributed by atoms with Crippen LogP contribution in [0.2, 0.25) is 10.0 Å². The van der Waals surface area contributed by atoms with E-state index < -0.39 is 0 Å². The number of thiophene rings is 1. The van der Waals surface area contributed by atoms with Crippen LogP contribution in [0, 0.1) is 0 Å². The lowest BCUT2D eigenvalue weighted by Gasteiger charge is -2.26. The fraction of sp³-hybridized carbons (Fsp3) is 0.286. The maximum atomic E-state index is 12.5. The Bertz CT molecular complexity index is 1110. The van der Waals surface area contributed by atoms with Crippen LogP contribution in [0.1, 0.15) is 10.4 Å². The van der Waals surface area contributed by atoms with Crippen LogP contribution < -0.4 is 5.32 Å². The van der Waals surface area contributed by atoms with Crippen LogP contribution in [0.4, 0.5) is 11.5 Å². The summed E-state index contributed by atoms with van der Waals surface area (Å²) < 4.78 is 0. The summed E-state index contributed by atoms with van der Waals surface area (Å²) in [5.41, 5.74) is 1.97. The molecule has 156 valence electrons. The maximum Gasteiger partial charge on any atom is 0.246 e. The average molecular weight is 462 g/mol. The molecule has 0 bridgehead atoms. The molecule has 1 N–H and O–H groups in total. The van der Waals surface area contributed by atoms with E-state index >= 15 is 0 Å². The third-order valence-corrected chi connectivity index (χ3v) is 6.37. The Hall–Kier alpha value is -2.19. The smallest absolute Gasteiger partial charge is 0.246 e. The summed E-state index contributed by atoms with van der Waals surface area (Å²) in [5.74, 6) is 0.763. The van der Waals surface area contributed by atoms with Gasteiger partial charge in [0.05, 0.1) is 11.9 Å². The number of likely N-dealkylation sites (N-methyl/N-ethyl adjacent to an activating group) is 1. The van der Waals surface area contributed by atoms with Gasteiger partial charge in [0.1, 0.15) is 17.0 Å². The van der Waals surface area contributed by atoms with Crippen molar-refractivity contribution in [2.75, 3.05) is 32.5 Å². The molecule has 1 aliphatic heterocycles. The summed E-state index contributed by atoms with van der Waals surface area (Å²) in [6, 6.07) is 5.30. The summed E-state index contributed by atoms with van der Waals surface area (Å²) in [4.78, 5) is 27.4. The number of carbonyl (C=O) groups is 1. The van der Waals surface area contributed by atoms with Gasteiger partial charge in [-0.05, 0) is 44.3 Å². The maximum absolute atomic E-state index is 12.5. The number of halogens is 2. The zero-order valence-electron chi connectivity index (χ0n) is 16.7. The first-order valence-electron chi connectivity index (χ1n) is 9.49. The van der Waals surface area contributed by atoms with E-state index in [4.69, 9.17) is 23.2 Å². The van der Waals surface area contributed by atoms with E-state index in [9.17, 15) is 4.79 Å². The molecule has 3 aromatic rings. The van der Waals surface area contributed by atoms with Gasteiger partial charge in [0.25, 0.3) is 0 Å². The number of anilines is 2. The molecule has 0 aliphatic carbocycles. The van der Waals surface area contributed by atoms with E-state index in [-0.39, 0.29) is 5.91 Å². The summed E-state index contributed by atoms with van der Waals surface area (Å²) >= 11 is 13.9. The molecule has 3 heterocycles. The van der Waals surface area contributed by atoms with Crippen molar-refractivity contribution in [2.45, 2.75) is 13.0 Å². The minimum Gasteiger partial charge on any atom is -0.339 e. The number of aromatic nitrogens is 2. The first kappa shape index (κ1) is 21.1. The number of carbonyl (C=O) groups excluding carboxylic acids is 1. The van der Waals surface area contributed by atoms with E-state index in [0.717, 1.165) is 39.6 Å². The molecule has 4 rings (SSSR count). The lowest BCUT2D eigenvalue weighted by atomic mass is 10.0. The van der Waals surface area contributed by atoms with Crippen molar-refractivity contribution in [2.24, 2.45) is 0 Å². The highest BCUT2D eigenvalue weighted by Crippen LogP contribution is 2.38. The van der Waals surface area contributed by atoms with Gasteiger partial charge in [-0.25, -0.2) is 9.97 Å². The van der Waals surface area contributed by atoms with Gasteiger partial charge < -0.3 is 15.1 Å². The molecule has 1 amide bonds. The highest BCUT2D eigenvalue weighted by molar-refractivity contribution is 7.19. The lowest BCUT2D eigenvalue weighted by molar-refractivity contribution is -0.126. The van der Waals surface area contributed by atoms with Crippen molar-refractivity contribution in [3.63, 3.8) is 0 Å². The standard InChI is InChI=1S/C21H21Cl2N5OS/c1-27(2)6-3-4-18(29)28-7-5-16-17(11-28)30-21-19(16)20(24-12-25-21)26-15-9-13(22)8-14(23)10-15/h3-4,8-10,12H,5-7,11H2,1-2H3,(H,24,25,26). The number of hydrogen-bond acceptors (Lipinski definition) is 6. The average Bonchev–Trinajstić information content (AvgIpc) is 3.05. The molecule has 0 fully saturated rings. The summed E-state index contributed by atoms with van der Waals surface area (Å²) in [5, 5.41) is 5.44. The molecule has 0 spiro atoms. The second kappa shape index (κ2) is 8.89. The largest absolute Gasteiger partial charge is 0.339 e. The van der Waals surface area contributed by atoms with Gasteiger partial charge in [0.15, 0.2) is 0 Å². The van der Waals surface area contributed by atoms with Crippen molar-refractivity contribution in [1.29, 1.82) is 0 Å². The molecular weight excluding hydrogens is 441 g/mol. The summed E-state index contributed by atoms with van der Waals surface area (Å²) in [6.45, 7) is 2.00. The van der Waals surface area contributed by atoms with Gasteiger partial charge in [-0.2, -0.15) is 0 Å². The van der Waals surface area contributed by atoms with E-state index in [2.05, 4.69) is 15.3 Å². The first-order valence-corrected chi connectivity index (χ1v) is 11.1. The Labute approximate surface area is 189 Å². The van der Waals surface area contributed by atoms with Gasteiger partial charge in [0.2, 0.25) is 5.91 Å². The molecule has 6 nitrogen and oxygen atoms in total. The van der Waals surface area contributed by atoms with Gasteiger partial charge in [-0.3, -0.25) is 4.79 Å². The summed E-state index contributed by atoms with van der Waals surface area (Å²) in [6.07, 6.45) is 5.87. The summed E-state index contributed by atoms with van der Waals surface area (Å²) in [7, 11) is 3.95. The highest BCUT2D eigenvalue weighted by atomic mass is 35.5. The lowest BCUT2D eigenvalue weighted by Crippen LogP contribution is -2.34. The Morgan fingerprint density at radius 1 is 1.27 bits per heavy atom. The van der Waals surface area contributed by atoms with Crippen molar-refractivity contribution >= 4 is 62.2 Å². The molecule has 1 aromatic carbocycles. The number of benzene rings is 1. The van der Waals surface area contributed by atoms with Crippen LogP contribution in [-0.4, -0.2) is 52.9 Å². The van der Waals surface area contributed by atoms with Gasteiger partial charge >= 0.3 is 0 Å². The van der Waals surface area contributed by atoms with E-state index in [1.807, 2.05) is 30.0 Å². The normalized spacial score (nSPS) is 14.0. The second-order valence-corrected chi connectivity index (χ2v) is 9.32. The Morgan fingerprint density at radius 2 is 2.03 bits per heavy atom. The van der Waals surface area contributed by atoms with Crippen LogP contribution >= 0.6 is 34.5 Å². The Kier molecular flexibility index (Phi) is 6.24. The van der Waals surface area contributed by atoms with Crippen LogP contribution in [0.3, 0.4) is 0 Å². The molecule has 0 atom stereocenters. The minimum absolute atomic E-state index is 0.0398. The fourth-order valence-corrected chi connectivity index (χ4v) is 5.17. The number of nitrogens with one attached hydrogen (secondary N) is 1. The van der Waals surface area contributed by atoms with Crippen molar-refractivity contribution in [1.82, 2.24) is 19.8 Å². The molecular formula is C21H21Cl2N5OS. The number of rotatable bonds is 5. The van der Waals surface area contributed by atoms with Gasteiger partial charge in [-0.15, -0.1) is 11.3 Å². The quantitative estimate of drug-likeness (QED) is 0.555. The van der Waals surface area contributed by atoms with Crippen LogP contribution in [0.25, 0.3) is 10.2 Å². The zero-order chi connectivity index (χ0) is 21.3. The SMILES string of the molecule is CN(C)CC=CC(=O)N1CCc2c(sc3ncnc(Nc4cc(Cl)cc(Cl)c4)c23)C1. The number of amides is 1. The fourth-order valence-electron chi connectivity index (χ4n) is 3.44. The van der Waals surface area contributed by atoms with Crippen LogP contribution in [-0.2, 0) is 17.8 Å². The second-order valence-electron chi connectivity index (χ2n) is 7.36. The Balaban J connectivity index is 1.60. The highest BCUT2D eigenvalue weighted by Gasteiger charge is 2.25. The third-order valence-electron chi connectivity index (χ3n) is 4.80. The van der Waals surface area contributed by atoms with Gasteiger partial charge in [0, 0.05) is 39.8 Å². The van der Waals surface area contributed by atoms with E-state index in [1.165, 1.54) is 5.56 Å². The minimum atomic E-state index is 0.0398. The molecule has 0 saturated heterocycles. The Morgan fingerprint density at radius 3 is 2.77 bits per heavy atom. The molecule has 0 radical (unpaired) electrons. The molecule has 1 aliphatic rings. The van der Waals surface area contributed by atoms with Crippen LogP contribution in [0.15, 0.2) is 36.7 Å². The third kappa shape index (κ3) is 4.59. The van der Waals surface area contributed by atoms with Crippen molar-refractivity contribution < 1.29 is 4.79 Å². The molecule has 9 heteroatoms. The topological polar surface area (TPSA) is 61.4 Å². The molecule has 30 heavy (non-hydrogen) atoms. The number of fused-ring (bicyclic) bond motifs is 3. The monoisotopic (exact) mass is 461 g/mol. The molecule has 0 saturated carbocycles. The number of hydrogen-bond donors (Lipinski definition) is 1. The molecule has 0 unspecified atom stereocenters. The molecule has 2 aromatic heterocycles. The number of nitrogens with zero attached hydrogens (tertiary/aromatic N) is 4. The van der Waals surface area contributed by atoms with Crippen molar-refractivity contribution in [3.05, 3.63) is 57.2 Å².